The van der Waals surface area contributed by atoms with Crippen LogP contribution in [0.3, 0.4) is 0 Å². The quantitative estimate of drug-likeness (QED) is 0.589. The molecular weight excluding hydrogens is 430 g/mol. The van der Waals surface area contributed by atoms with E-state index in [2.05, 4.69) is 15.3 Å². The Hall–Kier alpha value is -3.37. The Balaban J connectivity index is 1.67. The lowest BCUT2D eigenvalue weighted by atomic mass is 9.96. The lowest BCUT2D eigenvalue weighted by Crippen LogP contribution is -2.36. The smallest absolute Gasteiger partial charge is 0.274 e. The van der Waals surface area contributed by atoms with Crippen LogP contribution >= 0.6 is 0 Å². The number of aliphatic hydroxyl groups is 1. The maximum atomic E-state index is 15.4. The predicted molar refractivity (Wildman–Crippen MR) is 106 cm³/mol. The van der Waals surface area contributed by atoms with Crippen LogP contribution in [0.2, 0.25) is 0 Å². The zero-order chi connectivity index (χ0) is 22.9. The number of carbonyl (C=O) groups is 1. The minimum absolute atomic E-state index is 0.0234. The Morgan fingerprint density at radius 3 is 2.59 bits per heavy atom. The highest BCUT2D eigenvalue weighted by Gasteiger charge is 2.41. The Bertz CT molecular complexity index is 1160. The van der Waals surface area contributed by atoms with Crippen molar-refractivity contribution in [2.75, 3.05) is 11.9 Å². The van der Waals surface area contributed by atoms with Crippen LogP contribution in [0.25, 0.3) is 11.3 Å². The largest absolute Gasteiger partial charge is 0.393 e. The van der Waals surface area contributed by atoms with Crippen molar-refractivity contribution in [3.63, 3.8) is 0 Å². The average Bonchev–Trinajstić information content (AvgIpc) is 2.75. The molecule has 0 aliphatic carbocycles. The first-order valence-corrected chi connectivity index (χ1v) is 9.66. The molecule has 32 heavy (non-hydrogen) atoms. The van der Waals surface area contributed by atoms with Gasteiger partial charge in [-0.15, -0.1) is 0 Å². The van der Waals surface area contributed by atoms with Gasteiger partial charge in [-0.1, -0.05) is 6.07 Å². The number of amides is 1. The molecule has 2 atom stereocenters. The van der Waals surface area contributed by atoms with E-state index >= 15 is 4.39 Å². The van der Waals surface area contributed by atoms with Gasteiger partial charge in [-0.05, 0) is 36.8 Å². The van der Waals surface area contributed by atoms with E-state index in [1.54, 1.807) is 0 Å². The zero-order valence-corrected chi connectivity index (χ0v) is 16.5. The zero-order valence-electron chi connectivity index (χ0n) is 16.5. The lowest BCUT2D eigenvalue weighted by Gasteiger charge is -2.33. The summed E-state index contributed by atoms with van der Waals surface area (Å²) in [6.07, 6.45) is 1.48. The van der Waals surface area contributed by atoms with Crippen molar-refractivity contribution in [2.24, 2.45) is 0 Å². The number of nitrogens with zero attached hydrogens (tertiary/aromatic N) is 2. The topological polar surface area (TPSA) is 84.3 Å². The second-order valence-corrected chi connectivity index (χ2v) is 7.22. The molecule has 0 saturated carbocycles. The van der Waals surface area contributed by atoms with Gasteiger partial charge in [-0.25, -0.2) is 22.5 Å². The van der Waals surface area contributed by atoms with Gasteiger partial charge >= 0.3 is 0 Å². The molecule has 0 unspecified atom stereocenters. The fourth-order valence-electron chi connectivity index (χ4n) is 3.48. The summed E-state index contributed by atoms with van der Waals surface area (Å²) < 4.78 is 63.1. The van der Waals surface area contributed by atoms with Crippen molar-refractivity contribution in [1.29, 1.82) is 0 Å². The molecule has 0 radical (unpaired) electrons. The minimum atomic E-state index is -2.36. The van der Waals surface area contributed by atoms with Crippen molar-refractivity contribution in [3.8, 4) is 11.3 Å². The Morgan fingerprint density at radius 1 is 1.12 bits per heavy atom. The SMILES string of the molecule is O=C(Nc1cnccc1[C@@]1(F)C[C@@H](O)CCO1)c1ccc(F)c(-c2c(F)cccc2F)n1. The molecule has 1 aliphatic rings. The van der Waals surface area contributed by atoms with Gasteiger partial charge in [0.15, 0.2) is 0 Å². The summed E-state index contributed by atoms with van der Waals surface area (Å²) in [4.78, 5) is 20.4. The first-order chi connectivity index (χ1) is 15.3. The third-order valence-corrected chi connectivity index (χ3v) is 5.03. The van der Waals surface area contributed by atoms with E-state index in [0.717, 1.165) is 30.3 Å². The fourth-order valence-corrected chi connectivity index (χ4v) is 3.48. The number of nitrogens with one attached hydrogen (secondary N) is 1. The normalized spacial score (nSPS) is 20.7. The highest BCUT2D eigenvalue weighted by molar-refractivity contribution is 6.03. The second-order valence-electron chi connectivity index (χ2n) is 7.22. The summed E-state index contributed by atoms with van der Waals surface area (Å²) >= 11 is 0. The van der Waals surface area contributed by atoms with Gasteiger partial charge in [0.25, 0.3) is 5.91 Å². The van der Waals surface area contributed by atoms with Crippen molar-refractivity contribution >= 4 is 11.6 Å². The number of aliphatic hydroxyl groups excluding tert-OH is 1. The number of anilines is 1. The van der Waals surface area contributed by atoms with Crippen molar-refractivity contribution in [1.82, 2.24) is 9.97 Å². The number of carbonyl (C=O) groups excluding carboxylic acids is 1. The number of hydrogen-bond donors (Lipinski definition) is 2. The van der Waals surface area contributed by atoms with Gasteiger partial charge in [0, 0.05) is 18.2 Å². The molecule has 3 heterocycles. The van der Waals surface area contributed by atoms with E-state index < -0.39 is 46.6 Å². The van der Waals surface area contributed by atoms with Gasteiger partial charge in [0.1, 0.15) is 28.8 Å². The number of benzene rings is 1. The number of rotatable bonds is 4. The van der Waals surface area contributed by atoms with Gasteiger partial charge in [-0.2, -0.15) is 0 Å². The van der Waals surface area contributed by atoms with E-state index in [1.165, 1.54) is 18.5 Å². The van der Waals surface area contributed by atoms with Crippen LogP contribution in [-0.4, -0.2) is 33.7 Å². The monoisotopic (exact) mass is 447 g/mol. The van der Waals surface area contributed by atoms with Crippen LogP contribution in [0.4, 0.5) is 23.2 Å². The van der Waals surface area contributed by atoms with Crippen LogP contribution in [0, 0.1) is 17.5 Å². The van der Waals surface area contributed by atoms with E-state index in [9.17, 15) is 23.1 Å². The Morgan fingerprint density at radius 2 is 1.88 bits per heavy atom. The summed E-state index contributed by atoms with van der Waals surface area (Å²) in [5.41, 5.74) is -1.88. The highest BCUT2D eigenvalue weighted by atomic mass is 19.2. The number of aromatic nitrogens is 2. The summed E-state index contributed by atoms with van der Waals surface area (Å²) in [5.74, 6) is -6.37. The summed E-state index contributed by atoms with van der Waals surface area (Å²) in [7, 11) is 0. The van der Waals surface area contributed by atoms with E-state index in [1.807, 2.05) is 0 Å². The molecular formula is C22H17F4N3O3. The molecule has 166 valence electrons. The molecule has 1 aromatic carbocycles. The number of alkyl halides is 1. The molecule has 1 saturated heterocycles. The van der Waals surface area contributed by atoms with Gasteiger partial charge in [0.05, 0.1) is 30.2 Å². The predicted octanol–water partition coefficient (Wildman–Crippen LogP) is 4.11. The molecule has 1 amide bonds. The van der Waals surface area contributed by atoms with Crippen molar-refractivity contribution in [3.05, 3.63) is 77.5 Å². The third kappa shape index (κ3) is 4.19. The van der Waals surface area contributed by atoms with Crippen LogP contribution in [0.5, 0.6) is 0 Å². The average molecular weight is 447 g/mol. The second kappa shape index (κ2) is 8.64. The number of pyridine rings is 2. The molecule has 1 fully saturated rings. The van der Waals surface area contributed by atoms with Gasteiger partial charge in [0.2, 0.25) is 5.85 Å². The molecule has 10 heteroatoms. The molecule has 2 aromatic heterocycles. The first kappa shape index (κ1) is 21.8. The van der Waals surface area contributed by atoms with E-state index in [4.69, 9.17) is 4.74 Å². The minimum Gasteiger partial charge on any atom is -0.393 e. The molecule has 4 rings (SSSR count). The standard InChI is InChI=1S/C22H17F4N3O3/c23-14-2-1-3-15(24)19(14)20-16(25)4-5-17(28-20)21(31)29-18-11-27-8-6-13(18)22(26)10-12(30)7-9-32-22/h1-6,8,11-12,30H,7,9-10H2,(H,29,31)/t12-,22+/m0/s1. The molecule has 3 aromatic rings. The molecule has 1 aliphatic heterocycles. The first-order valence-electron chi connectivity index (χ1n) is 9.66. The number of ether oxygens (including phenoxy) is 1. The van der Waals surface area contributed by atoms with E-state index in [0.29, 0.717) is 0 Å². The molecule has 0 spiro atoms. The fraction of sp³-hybridized carbons (Fsp3) is 0.227. The molecule has 6 nitrogen and oxygen atoms in total. The maximum absolute atomic E-state index is 15.4. The van der Waals surface area contributed by atoms with Crippen LogP contribution in [-0.2, 0) is 10.6 Å². The summed E-state index contributed by atoms with van der Waals surface area (Å²) in [6, 6.07) is 6.16. The maximum Gasteiger partial charge on any atom is 0.274 e. The van der Waals surface area contributed by atoms with Crippen molar-refractivity contribution in [2.45, 2.75) is 24.8 Å². The summed E-state index contributed by atoms with van der Waals surface area (Å²) in [5, 5.41) is 12.3. The van der Waals surface area contributed by atoms with Crippen LogP contribution in [0.15, 0.2) is 48.8 Å². The summed E-state index contributed by atoms with van der Waals surface area (Å²) in [6.45, 7) is -0.0234. The van der Waals surface area contributed by atoms with Gasteiger partial charge in [-0.3, -0.25) is 9.78 Å². The van der Waals surface area contributed by atoms with Crippen LogP contribution in [0.1, 0.15) is 28.9 Å². The number of halogens is 4. The Kier molecular flexibility index (Phi) is 5.90. The molecule has 2 N–H and O–H groups in total. The molecule has 0 bridgehead atoms. The van der Waals surface area contributed by atoms with Crippen LogP contribution < -0.4 is 5.32 Å². The van der Waals surface area contributed by atoms with Crippen molar-refractivity contribution < 1.29 is 32.2 Å². The third-order valence-electron chi connectivity index (χ3n) is 5.03. The highest BCUT2D eigenvalue weighted by Crippen LogP contribution is 2.40. The Labute approximate surface area is 179 Å². The lowest BCUT2D eigenvalue weighted by molar-refractivity contribution is -0.203. The van der Waals surface area contributed by atoms with E-state index in [-0.39, 0.29) is 36.4 Å². The van der Waals surface area contributed by atoms with Gasteiger partial charge < -0.3 is 15.2 Å². The number of hydrogen-bond acceptors (Lipinski definition) is 5.